The number of likely N-dealkylation sites (N-methyl/N-ethyl adjacent to an activating group) is 1. The lowest BCUT2D eigenvalue weighted by atomic mass is 10.1. The largest absolute Gasteiger partial charge is 0.323 e. The maximum atomic E-state index is 13.5. The molecule has 0 unspecified atom stereocenters. The van der Waals surface area contributed by atoms with E-state index in [1.54, 1.807) is 18.5 Å². The molecule has 3 aromatic heterocycles. The molecule has 1 aromatic carbocycles. The third kappa shape index (κ3) is 5.12. The normalized spacial score (nSPS) is 14.9. The van der Waals surface area contributed by atoms with Crippen molar-refractivity contribution in [1.82, 2.24) is 39.3 Å². The number of halogens is 1. The molecule has 0 spiro atoms. The fraction of sp³-hybridized carbons (Fsp3) is 0.407. The predicted molar refractivity (Wildman–Crippen MR) is 143 cm³/mol. The van der Waals surface area contributed by atoms with E-state index in [0.29, 0.717) is 11.6 Å². The second kappa shape index (κ2) is 10.4. The summed E-state index contributed by atoms with van der Waals surface area (Å²) in [5, 5.41) is 12.9. The van der Waals surface area contributed by atoms with E-state index in [9.17, 15) is 4.39 Å². The molecule has 9 nitrogen and oxygen atoms in total. The first-order valence-corrected chi connectivity index (χ1v) is 12.7. The van der Waals surface area contributed by atoms with Gasteiger partial charge in [-0.15, -0.1) is 0 Å². The summed E-state index contributed by atoms with van der Waals surface area (Å²) < 4.78 is 17.2. The van der Waals surface area contributed by atoms with Crippen molar-refractivity contribution in [3.8, 4) is 17.1 Å². The summed E-state index contributed by atoms with van der Waals surface area (Å²) in [6.45, 7) is 11.4. The van der Waals surface area contributed by atoms with E-state index in [1.807, 2.05) is 22.5 Å². The van der Waals surface area contributed by atoms with Gasteiger partial charge in [0.05, 0.1) is 11.4 Å². The van der Waals surface area contributed by atoms with Crippen molar-refractivity contribution in [3.05, 3.63) is 65.0 Å². The number of benzene rings is 1. The van der Waals surface area contributed by atoms with Crippen LogP contribution in [0.25, 0.3) is 17.1 Å². The van der Waals surface area contributed by atoms with Crippen LogP contribution >= 0.6 is 0 Å². The molecule has 4 aromatic rings. The van der Waals surface area contributed by atoms with Crippen molar-refractivity contribution in [1.29, 1.82) is 0 Å². The van der Waals surface area contributed by atoms with Crippen LogP contribution in [0.15, 0.2) is 36.7 Å². The number of hydrogen-bond acceptors (Lipinski definition) is 7. The number of rotatable bonds is 7. The lowest BCUT2D eigenvalue weighted by molar-refractivity contribution is 0.148. The summed E-state index contributed by atoms with van der Waals surface area (Å²) in [5.41, 5.74) is 6.26. The Bertz CT molecular complexity index is 1380. The number of hydrogen-bond donors (Lipinski definition) is 1. The van der Waals surface area contributed by atoms with Crippen LogP contribution in [0.4, 0.5) is 16.0 Å². The van der Waals surface area contributed by atoms with Crippen molar-refractivity contribution in [3.63, 3.8) is 0 Å². The Kier molecular flexibility index (Phi) is 7.03. The first-order valence-electron chi connectivity index (χ1n) is 12.7. The van der Waals surface area contributed by atoms with E-state index < -0.39 is 0 Å². The van der Waals surface area contributed by atoms with Gasteiger partial charge in [-0.25, -0.2) is 19.0 Å². The lowest BCUT2D eigenvalue weighted by Gasteiger charge is -2.32. The van der Waals surface area contributed by atoms with E-state index in [4.69, 9.17) is 10.2 Å². The Hall–Kier alpha value is -3.63. The molecule has 194 valence electrons. The van der Waals surface area contributed by atoms with Gasteiger partial charge >= 0.3 is 0 Å². The molecule has 1 aliphatic heterocycles. The SMILES string of the molecule is CCc1c(Nc2cc(-n3nc(C)c(CN4CCN(C)CC4)c3C)ncn2)nn(C)c1-c1ccc(F)cc1. The third-order valence-corrected chi connectivity index (χ3v) is 7.15. The molecule has 0 bridgehead atoms. The van der Waals surface area contributed by atoms with Crippen molar-refractivity contribution in [2.24, 2.45) is 7.05 Å². The minimum atomic E-state index is -0.258. The minimum absolute atomic E-state index is 0.258. The fourth-order valence-electron chi connectivity index (χ4n) is 4.98. The Morgan fingerprint density at radius 2 is 1.68 bits per heavy atom. The highest BCUT2D eigenvalue weighted by atomic mass is 19.1. The first kappa shape index (κ1) is 25.0. The van der Waals surface area contributed by atoms with Gasteiger partial charge < -0.3 is 10.2 Å². The highest BCUT2D eigenvalue weighted by Gasteiger charge is 2.21. The Labute approximate surface area is 217 Å². The molecule has 10 heteroatoms. The monoisotopic (exact) mass is 503 g/mol. The topological polar surface area (TPSA) is 79.9 Å². The van der Waals surface area contributed by atoms with Gasteiger partial charge in [-0.2, -0.15) is 10.2 Å². The summed E-state index contributed by atoms with van der Waals surface area (Å²) >= 11 is 0. The molecule has 0 amide bonds. The number of nitrogens with one attached hydrogen (secondary N) is 1. The van der Waals surface area contributed by atoms with E-state index in [-0.39, 0.29) is 5.82 Å². The zero-order valence-corrected chi connectivity index (χ0v) is 22.2. The van der Waals surface area contributed by atoms with Crippen LogP contribution in [0, 0.1) is 19.7 Å². The van der Waals surface area contributed by atoms with Gasteiger partial charge in [0.2, 0.25) is 0 Å². The van der Waals surface area contributed by atoms with Crippen LogP contribution < -0.4 is 5.32 Å². The van der Waals surface area contributed by atoms with Gasteiger partial charge in [0.25, 0.3) is 0 Å². The van der Waals surface area contributed by atoms with Gasteiger partial charge in [-0.1, -0.05) is 6.92 Å². The molecule has 0 radical (unpaired) electrons. The molecule has 5 rings (SSSR count). The number of aryl methyl sites for hydroxylation is 2. The van der Waals surface area contributed by atoms with Crippen LogP contribution in [0.3, 0.4) is 0 Å². The van der Waals surface area contributed by atoms with E-state index in [0.717, 1.165) is 73.2 Å². The molecule has 0 saturated carbocycles. The molecule has 0 aliphatic carbocycles. The minimum Gasteiger partial charge on any atom is -0.323 e. The smallest absolute Gasteiger partial charge is 0.159 e. The molecule has 1 fully saturated rings. The van der Waals surface area contributed by atoms with Gasteiger partial charge in [-0.05, 0) is 51.6 Å². The molecular formula is C27H34FN9. The number of piperazine rings is 1. The average molecular weight is 504 g/mol. The Morgan fingerprint density at radius 1 is 0.946 bits per heavy atom. The highest BCUT2D eigenvalue weighted by molar-refractivity contribution is 5.72. The average Bonchev–Trinajstić information content (AvgIpc) is 3.35. The van der Waals surface area contributed by atoms with E-state index in [2.05, 4.69) is 52.9 Å². The fourth-order valence-corrected chi connectivity index (χ4v) is 4.98. The molecule has 1 saturated heterocycles. The zero-order valence-electron chi connectivity index (χ0n) is 22.2. The second-order valence-corrected chi connectivity index (χ2v) is 9.69. The van der Waals surface area contributed by atoms with Crippen molar-refractivity contribution >= 4 is 11.6 Å². The molecule has 1 N–H and O–H groups in total. The summed E-state index contributed by atoms with van der Waals surface area (Å²) in [6, 6.07) is 8.39. The van der Waals surface area contributed by atoms with Crippen LogP contribution in [0.2, 0.25) is 0 Å². The second-order valence-electron chi connectivity index (χ2n) is 9.69. The lowest BCUT2D eigenvalue weighted by Crippen LogP contribution is -2.44. The predicted octanol–water partition coefficient (Wildman–Crippen LogP) is 3.87. The zero-order chi connectivity index (χ0) is 26.1. The Balaban J connectivity index is 1.40. The van der Waals surface area contributed by atoms with E-state index >= 15 is 0 Å². The van der Waals surface area contributed by atoms with Gasteiger partial charge in [0.15, 0.2) is 11.6 Å². The van der Waals surface area contributed by atoms with E-state index in [1.165, 1.54) is 17.7 Å². The maximum Gasteiger partial charge on any atom is 0.159 e. The van der Waals surface area contributed by atoms with Crippen LogP contribution in [-0.4, -0.2) is 72.6 Å². The summed E-state index contributed by atoms with van der Waals surface area (Å²) in [4.78, 5) is 13.8. The quantitative estimate of drug-likeness (QED) is 0.410. The maximum absolute atomic E-state index is 13.5. The summed E-state index contributed by atoms with van der Waals surface area (Å²) in [5.74, 6) is 1.80. The van der Waals surface area contributed by atoms with Gasteiger partial charge in [-0.3, -0.25) is 9.58 Å². The first-order chi connectivity index (χ1) is 17.8. The number of anilines is 2. The summed E-state index contributed by atoms with van der Waals surface area (Å²) in [6.07, 6.45) is 2.30. The van der Waals surface area contributed by atoms with Crippen LogP contribution in [0.5, 0.6) is 0 Å². The Morgan fingerprint density at radius 3 is 2.38 bits per heavy atom. The third-order valence-electron chi connectivity index (χ3n) is 7.15. The van der Waals surface area contributed by atoms with Crippen molar-refractivity contribution in [2.75, 3.05) is 38.5 Å². The molecule has 4 heterocycles. The van der Waals surface area contributed by atoms with Gasteiger partial charge in [0.1, 0.15) is 18.0 Å². The van der Waals surface area contributed by atoms with Crippen LogP contribution in [-0.2, 0) is 20.0 Å². The highest BCUT2D eigenvalue weighted by Crippen LogP contribution is 2.31. The number of nitrogens with zero attached hydrogens (tertiary/aromatic N) is 8. The standard InChI is InChI=1S/C27H34FN9/c1-6-22-26(20-7-9-21(28)10-8-20)35(5)33-27(22)31-24-15-25(30-17-29-24)37-19(3)23(18(2)32-37)16-36-13-11-34(4)12-14-36/h7-10,15,17H,6,11-14,16H2,1-5H3,(H,29,30,31,33). The van der Waals surface area contributed by atoms with Crippen LogP contribution in [0.1, 0.15) is 29.4 Å². The number of aromatic nitrogens is 6. The summed E-state index contributed by atoms with van der Waals surface area (Å²) in [7, 11) is 4.07. The van der Waals surface area contributed by atoms with Crippen molar-refractivity contribution < 1.29 is 4.39 Å². The molecule has 0 atom stereocenters. The van der Waals surface area contributed by atoms with Crippen molar-refractivity contribution in [2.45, 2.75) is 33.7 Å². The molecule has 1 aliphatic rings. The van der Waals surface area contributed by atoms with Gasteiger partial charge in [0, 0.05) is 68.2 Å². The molecular weight excluding hydrogens is 469 g/mol. The molecule has 37 heavy (non-hydrogen) atoms.